The number of aliphatic hydroxyl groups excluding tert-OH is 3. The predicted octanol–water partition coefficient (Wildman–Crippen LogP) is 1.00. The molecule has 7 heteroatoms. The van der Waals surface area contributed by atoms with Gasteiger partial charge in [0, 0.05) is 5.56 Å². The van der Waals surface area contributed by atoms with Crippen molar-refractivity contribution in [3.8, 4) is 0 Å². The smallest absolute Gasteiger partial charge is 0.224 e. The molecule has 1 saturated heterocycles. The number of hydrogen-bond donors (Lipinski definition) is 5. The summed E-state index contributed by atoms with van der Waals surface area (Å²) in [4.78, 5) is 0. The van der Waals surface area contributed by atoms with E-state index in [1.165, 1.54) is 0 Å². The maximum Gasteiger partial charge on any atom is 0.224 e. The average molecular weight is 412 g/mol. The highest BCUT2D eigenvalue weighted by molar-refractivity contribution is 5.86. The van der Waals surface area contributed by atoms with Gasteiger partial charge in [0.05, 0.1) is 13.2 Å². The zero-order valence-electron chi connectivity index (χ0n) is 16.1. The summed E-state index contributed by atoms with van der Waals surface area (Å²) in [5.41, 5.74) is 0.912. The molecule has 0 aromatic heterocycles. The van der Waals surface area contributed by atoms with Gasteiger partial charge in [0.15, 0.2) is 0 Å². The third kappa shape index (κ3) is 3.40. The van der Waals surface area contributed by atoms with Gasteiger partial charge in [-0.25, -0.2) is 0 Å². The lowest BCUT2D eigenvalue weighted by atomic mass is 9.84. The Hall–Kier alpha value is -2.36. The van der Waals surface area contributed by atoms with Gasteiger partial charge >= 0.3 is 0 Å². The molecule has 0 saturated carbocycles. The zero-order chi connectivity index (χ0) is 21.4. The molecule has 1 aliphatic rings. The van der Waals surface area contributed by atoms with E-state index in [4.69, 9.17) is 9.47 Å². The zero-order valence-corrected chi connectivity index (χ0v) is 16.1. The molecule has 5 atom stereocenters. The van der Waals surface area contributed by atoms with E-state index in [0.29, 0.717) is 10.9 Å². The molecule has 5 N–H and O–H groups in total. The fourth-order valence-electron chi connectivity index (χ4n) is 3.88. The monoisotopic (exact) mass is 412 g/mol. The molecule has 0 amide bonds. The summed E-state index contributed by atoms with van der Waals surface area (Å²) in [6.45, 7) is -0.865. The van der Waals surface area contributed by atoms with Crippen molar-refractivity contribution >= 4 is 10.8 Å². The molecule has 3 aromatic carbocycles. The molecule has 30 heavy (non-hydrogen) atoms. The van der Waals surface area contributed by atoms with Crippen molar-refractivity contribution in [3.63, 3.8) is 0 Å². The first-order valence-electron chi connectivity index (χ1n) is 9.66. The number of aliphatic hydroxyl groups is 5. The van der Waals surface area contributed by atoms with E-state index >= 15 is 0 Å². The molecular weight excluding hydrogens is 388 g/mol. The minimum atomic E-state index is -2.44. The number of rotatable bonds is 5. The van der Waals surface area contributed by atoms with E-state index in [9.17, 15) is 25.5 Å². The van der Waals surface area contributed by atoms with E-state index in [-0.39, 0.29) is 12.2 Å². The van der Waals surface area contributed by atoms with Gasteiger partial charge in [-0.3, -0.25) is 0 Å². The summed E-state index contributed by atoms with van der Waals surface area (Å²) in [6.07, 6.45) is -5.44. The summed E-state index contributed by atoms with van der Waals surface area (Å²) in [6, 6.07) is 21.1. The van der Waals surface area contributed by atoms with Crippen molar-refractivity contribution in [1.82, 2.24) is 0 Å². The fraction of sp³-hybridized carbons (Fsp3) is 0.304. The second-order valence-corrected chi connectivity index (χ2v) is 7.43. The molecule has 0 spiro atoms. The maximum absolute atomic E-state index is 11.3. The van der Waals surface area contributed by atoms with Crippen LogP contribution in [0.5, 0.6) is 0 Å². The second kappa shape index (κ2) is 8.05. The van der Waals surface area contributed by atoms with Crippen molar-refractivity contribution in [3.05, 3.63) is 83.9 Å². The van der Waals surface area contributed by atoms with Crippen LogP contribution in [0.25, 0.3) is 10.8 Å². The quantitative estimate of drug-likeness (QED) is 0.397. The van der Waals surface area contributed by atoms with Gasteiger partial charge in [-0.1, -0.05) is 72.8 Å². The van der Waals surface area contributed by atoms with Crippen LogP contribution in [0, 0.1) is 0 Å². The van der Waals surface area contributed by atoms with E-state index in [1.54, 1.807) is 48.5 Å². The summed E-state index contributed by atoms with van der Waals surface area (Å²) >= 11 is 0. The van der Waals surface area contributed by atoms with Crippen LogP contribution in [0.3, 0.4) is 0 Å². The lowest BCUT2D eigenvalue weighted by molar-refractivity contribution is -0.433. The lowest BCUT2D eigenvalue weighted by Crippen LogP contribution is -2.71. The highest BCUT2D eigenvalue weighted by Gasteiger charge is 2.62. The van der Waals surface area contributed by atoms with Gasteiger partial charge in [-0.15, -0.1) is 0 Å². The third-order valence-electron chi connectivity index (χ3n) is 5.56. The van der Waals surface area contributed by atoms with Gasteiger partial charge in [0.1, 0.15) is 18.3 Å². The Morgan fingerprint density at radius 2 is 1.50 bits per heavy atom. The number of benzene rings is 3. The highest BCUT2D eigenvalue weighted by Crippen LogP contribution is 2.43. The van der Waals surface area contributed by atoms with Crippen molar-refractivity contribution < 1.29 is 35.0 Å². The van der Waals surface area contributed by atoms with Gasteiger partial charge in [0.25, 0.3) is 0 Å². The SMILES string of the molecule is OC[C@H]1O[C@@](O)(c2cccc3ccccc23)[C@H](O)[C@@H](O)[C@]1(O)OCc1ccccc1. The highest BCUT2D eigenvalue weighted by atomic mass is 16.7. The van der Waals surface area contributed by atoms with Gasteiger partial charge in [-0.2, -0.15) is 0 Å². The minimum Gasteiger partial charge on any atom is -0.393 e. The van der Waals surface area contributed by atoms with Crippen LogP contribution in [0.4, 0.5) is 0 Å². The lowest BCUT2D eigenvalue weighted by Gasteiger charge is -2.51. The summed E-state index contributed by atoms with van der Waals surface area (Å²) < 4.78 is 11.1. The van der Waals surface area contributed by atoms with Crippen LogP contribution in [0.15, 0.2) is 72.8 Å². The molecule has 3 aromatic rings. The summed E-state index contributed by atoms with van der Waals surface area (Å²) in [5, 5.41) is 55.1. The molecule has 1 fully saturated rings. The Bertz CT molecular complexity index is 1000. The van der Waals surface area contributed by atoms with Crippen molar-refractivity contribution in [2.24, 2.45) is 0 Å². The van der Waals surface area contributed by atoms with Crippen LogP contribution >= 0.6 is 0 Å². The Balaban J connectivity index is 1.69. The Labute approximate surface area is 173 Å². The average Bonchev–Trinajstić information content (AvgIpc) is 2.79. The third-order valence-corrected chi connectivity index (χ3v) is 5.56. The van der Waals surface area contributed by atoms with Crippen LogP contribution in [-0.4, -0.2) is 56.2 Å². The number of hydrogen-bond acceptors (Lipinski definition) is 7. The van der Waals surface area contributed by atoms with Crippen molar-refractivity contribution in [2.75, 3.05) is 6.61 Å². The molecule has 0 bridgehead atoms. The summed E-state index contributed by atoms with van der Waals surface area (Å²) in [7, 11) is 0. The minimum absolute atomic E-state index is 0.103. The molecule has 0 unspecified atom stereocenters. The topological polar surface area (TPSA) is 120 Å². The first-order chi connectivity index (χ1) is 14.4. The standard InChI is InChI=1S/C23H24O7/c24-13-19-23(28,29-14-15-7-2-1-3-8-15)21(26)20(25)22(27,30-19)18-12-6-10-16-9-4-5-11-17(16)18/h1-12,19-21,24-28H,13-14H2/t19-,20-,21-,22+,23-/m1/s1. The number of ether oxygens (including phenoxy) is 2. The van der Waals surface area contributed by atoms with E-state index in [0.717, 1.165) is 5.39 Å². The van der Waals surface area contributed by atoms with Crippen molar-refractivity contribution in [2.45, 2.75) is 36.5 Å². The molecule has 0 radical (unpaired) electrons. The van der Waals surface area contributed by atoms with Gasteiger partial charge in [0.2, 0.25) is 11.6 Å². The van der Waals surface area contributed by atoms with Crippen molar-refractivity contribution in [1.29, 1.82) is 0 Å². The Morgan fingerprint density at radius 3 is 2.23 bits per heavy atom. The van der Waals surface area contributed by atoms with Gasteiger partial charge in [-0.05, 0) is 16.3 Å². The van der Waals surface area contributed by atoms with Gasteiger partial charge < -0.3 is 35.0 Å². The molecule has 0 aliphatic carbocycles. The van der Waals surface area contributed by atoms with Crippen LogP contribution in [0.2, 0.25) is 0 Å². The van der Waals surface area contributed by atoms with Crippen LogP contribution in [-0.2, 0) is 21.9 Å². The Kier molecular flexibility index (Phi) is 5.61. The molecule has 7 nitrogen and oxygen atoms in total. The molecule has 158 valence electrons. The first-order valence-corrected chi connectivity index (χ1v) is 9.66. The predicted molar refractivity (Wildman–Crippen MR) is 108 cm³/mol. The van der Waals surface area contributed by atoms with E-state index in [2.05, 4.69) is 0 Å². The summed E-state index contributed by atoms with van der Waals surface area (Å²) in [5.74, 6) is -4.82. The first kappa shape index (κ1) is 20.9. The molecule has 4 rings (SSSR count). The van der Waals surface area contributed by atoms with E-state index < -0.39 is 36.5 Å². The molecule has 1 heterocycles. The fourth-order valence-corrected chi connectivity index (χ4v) is 3.88. The normalized spacial score (nSPS) is 31.7. The second-order valence-electron chi connectivity index (χ2n) is 7.43. The van der Waals surface area contributed by atoms with Crippen LogP contribution < -0.4 is 0 Å². The van der Waals surface area contributed by atoms with Crippen LogP contribution in [0.1, 0.15) is 11.1 Å². The molecular formula is C23H24O7. The maximum atomic E-state index is 11.3. The largest absolute Gasteiger partial charge is 0.393 e. The number of fused-ring (bicyclic) bond motifs is 1. The Morgan fingerprint density at radius 1 is 0.833 bits per heavy atom. The van der Waals surface area contributed by atoms with E-state index in [1.807, 2.05) is 24.3 Å². The molecule has 1 aliphatic heterocycles.